The molecule has 0 bridgehead atoms. The lowest BCUT2D eigenvalue weighted by atomic mass is 10.0. The molecule has 1 aromatic carbocycles. The number of hydrogen-bond donors (Lipinski definition) is 1. The second-order valence-corrected chi connectivity index (χ2v) is 7.47. The van der Waals surface area contributed by atoms with Crippen molar-refractivity contribution in [1.82, 2.24) is 15.2 Å². The summed E-state index contributed by atoms with van der Waals surface area (Å²) < 4.78 is 6.58. The molecule has 4 rings (SSSR count). The molecule has 0 spiro atoms. The molecule has 3 heterocycles. The van der Waals surface area contributed by atoms with Gasteiger partial charge in [0.2, 0.25) is 0 Å². The van der Waals surface area contributed by atoms with Gasteiger partial charge in [0.15, 0.2) is 5.76 Å². The Morgan fingerprint density at radius 1 is 1.23 bits per heavy atom. The average molecular weight is 414 g/mol. The van der Waals surface area contributed by atoms with Crippen LogP contribution in [-0.2, 0) is 6.54 Å². The number of rotatable bonds is 4. The van der Waals surface area contributed by atoms with Gasteiger partial charge in [0.05, 0.1) is 10.2 Å². The van der Waals surface area contributed by atoms with E-state index in [9.17, 15) is 4.79 Å². The zero-order valence-corrected chi connectivity index (χ0v) is 15.9. The minimum Gasteiger partial charge on any atom is -0.450 e. The maximum atomic E-state index is 12.5. The number of carbonyl (C=O) groups excluding carboxylic acids is 1. The first-order valence-corrected chi connectivity index (χ1v) is 9.59. The third-order valence-corrected chi connectivity index (χ3v) is 5.38. The van der Waals surface area contributed by atoms with Crippen molar-refractivity contribution in [3.8, 4) is 0 Å². The largest absolute Gasteiger partial charge is 0.450 e. The molecule has 1 fully saturated rings. The lowest BCUT2D eigenvalue weighted by Gasteiger charge is -2.31. The molecule has 26 heavy (non-hydrogen) atoms. The number of piperidine rings is 1. The Balaban J connectivity index is 1.33. The normalized spacial score (nSPS) is 16.0. The van der Waals surface area contributed by atoms with E-state index in [0.29, 0.717) is 11.3 Å². The van der Waals surface area contributed by atoms with E-state index in [1.165, 1.54) is 0 Å². The highest BCUT2D eigenvalue weighted by molar-refractivity contribution is 9.10. The quantitative estimate of drug-likeness (QED) is 0.702. The first-order valence-electron chi connectivity index (χ1n) is 8.80. The van der Waals surface area contributed by atoms with E-state index in [-0.39, 0.29) is 11.9 Å². The summed E-state index contributed by atoms with van der Waals surface area (Å²) in [6, 6.07) is 13.8. The van der Waals surface area contributed by atoms with E-state index in [1.54, 1.807) is 6.07 Å². The number of pyridine rings is 1. The van der Waals surface area contributed by atoms with Crippen LogP contribution in [0.25, 0.3) is 11.0 Å². The van der Waals surface area contributed by atoms with Crippen LogP contribution >= 0.6 is 15.9 Å². The number of carbonyl (C=O) groups is 1. The van der Waals surface area contributed by atoms with Crippen molar-refractivity contribution < 1.29 is 9.21 Å². The molecule has 0 saturated carbocycles. The first-order chi connectivity index (χ1) is 12.7. The predicted molar refractivity (Wildman–Crippen MR) is 104 cm³/mol. The molecule has 1 aliphatic heterocycles. The molecular weight excluding hydrogens is 394 g/mol. The van der Waals surface area contributed by atoms with E-state index in [0.717, 1.165) is 48.0 Å². The Morgan fingerprint density at radius 3 is 2.81 bits per heavy atom. The molecule has 1 aliphatic rings. The van der Waals surface area contributed by atoms with Crippen molar-refractivity contribution >= 4 is 32.8 Å². The number of benzene rings is 1. The molecule has 5 nitrogen and oxygen atoms in total. The molecule has 0 radical (unpaired) electrons. The molecule has 2 aromatic heterocycles. The van der Waals surface area contributed by atoms with Crippen molar-refractivity contribution in [1.29, 1.82) is 0 Å². The average Bonchev–Trinajstić information content (AvgIpc) is 3.10. The molecule has 134 valence electrons. The predicted octanol–water partition coefficient (Wildman–Crippen LogP) is 3.98. The van der Waals surface area contributed by atoms with Gasteiger partial charge in [-0.1, -0.05) is 18.2 Å². The van der Waals surface area contributed by atoms with Crippen molar-refractivity contribution in [3.05, 3.63) is 64.6 Å². The van der Waals surface area contributed by atoms with Gasteiger partial charge in [-0.05, 0) is 53.0 Å². The lowest BCUT2D eigenvalue weighted by Crippen LogP contribution is -2.44. The number of likely N-dealkylation sites (tertiary alicyclic amines) is 1. The van der Waals surface area contributed by atoms with Gasteiger partial charge < -0.3 is 9.73 Å². The van der Waals surface area contributed by atoms with Crippen molar-refractivity contribution in [3.63, 3.8) is 0 Å². The van der Waals surface area contributed by atoms with Gasteiger partial charge in [-0.15, -0.1) is 0 Å². The highest BCUT2D eigenvalue weighted by atomic mass is 79.9. The second kappa shape index (κ2) is 7.60. The molecule has 0 unspecified atom stereocenters. The van der Waals surface area contributed by atoms with Gasteiger partial charge in [0, 0.05) is 37.3 Å². The summed E-state index contributed by atoms with van der Waals surface area (Å²) in [7, 11) is 0. The fourth-order valence-corrected chi connectivity index (χ4v) is 3.81. The van der Waals surface area contributed by atoms with Crippen LogP contribution < -0.4 is 5.32 Å². The Kier molecular flexibility index (Phi) is 5.04. The van der Waals surface area contributed by atoms with Gasteiger partial charge in [0.1, 0.15) is 5.58 Å². The van der Waals surface area contributed by atoms with E-state index in [1.807, 2.05) is 42.6 Å². The SMILES string of the molecule is O=C(NC1CCN(Cc2ccccn2)CC1)c1cc2cccc(Br)c2o1. The molecule has 3 aromatic rings. The molecule has 6 heteroatoms. The Labute approximate surface area is 160 Å². The highest BCUT2D eigenvalue weighted by Crippen LogP contribution is 2.27. The van der Waals surface area contributed by atoms with Crippen LogP contribution in [0.2, 0.25) is 0 Å². The van der Waals surface area contributed by atoms with E-state index < -0.39 is 0 Å². The third-order valence-electron chi connectivity index (χ3n) is 4.75. The topological polar surface area (TPSA) is 58.4 Å². The fourth-order valence-electron chi connectivity index (χ4n) is 3.35. The summed E-state index contributed by atoms with van der Waals surface area (Å²) in [5.41, 5.74) is 1.80. The summed E-state index contributed by atoms with van der Waals surface area (Å²) in [6.45, 7) is 2.76. The zero-order chi connectivity index (χ0) is 17.9. The number of halogens is 1. The number of para-hydroxylation sites is 1. The van der Waals surface area contributed by atoms with Crippen molar-refractivity contribution in [2.75, 3.05) is 13.1 Å². The van der Waals surface area contributed by atoms with Crippen LogP contribution in [0.1, 0.15) is 29.1 Å². The summed E-state index contributed by atoms with van der Waals surface area (Å²) in [5.74, 6) is 0.221. The van der Waals surface area contributed by atoms with Crippen LogP contribution in [0.4, 0.5) is 0 Å². The van der Waals surface area contributed by atoms with Gasteiger partial charge in [-0.25, -0.2) is 0 Å². The van der Waals surface area contributed by atoms with E-state index in [2.05, 4.69) is 31.1 Å². The number of fused-ring (bicyclic) bond motifs is 1. The summed E-state index contributed by atoms with van der Waals surface area (Å²) in [4.78, 5) is 19.3. The van der Waals surface area contributed by atoms with E-state index >= 15 is 0 Å². The highest BCUT2D eigenvalue weighted by Gasteiger charge is 2.23. The van der Waals surface area contributed by atoms with Crippen LogP contribution in [0.5, 0.6) is 0 Å². The molecule has 0 aliphatic carbocycles. The van der Waals surface area contributed by atoms with Gasteiger partial charge in [-0.3, -0.25) is 14.7 Å². The Hall–Kier alpha value is -2.18. The zero-order valence-electron chi connectivity index (χ0n) is 14.3. The van der Waals surface area contributed by atoms with Gasteiger partial charge in [-0.2, -0.15) is 0 Å². The van der Waals surface area contributed by atoms with Crippen LogP contribution in [0.15, 0.2) is 57.6 Å². The summed E-state index contributed by atoms with van der Waals surface area (Å²) in [5, 5.41) is 4.04. The fraction of sp³-hybridized carbons (Fsp3) is 0.300. The maximum Gasteiger partial charge on any atom is 0.287 e. The number of nitrogens with one attached hydrogen (secondary N) is 1. The van der Waals surface area contributed by atoms with Crippen molar-refractivity contribution in [2.24, 2.45) is 0 Å². The Bertz CT molecular complexity index is 902. The molecule has 1 saturated heterocycles. The molecule has 1 N–H and O–H groups in total. The van der Waals surface area contributed by atoms with Gasteiger partial charge in [0.25, 0.3) is 5.91 Å². The maximum absolute atomic E-state index is 12.5. The van der Waals surface area contributed by atoms with Crippen LogP contribution in [0, 0.1) is 0 Å². The minimum atomic E-state index is -0.142. The number of furan rings is 1. The summed E-state index contributed by atoms with van der Waals surface area (Å²) >= 11 is 3.46. The monoisotopic (exact) mass is 413 g/mol. The lowest BCUT2D eigenvalue weighted by molar-refractivity contribution is 0.0883. The smallest absolute Gasteiger partial charge is 0.287 e. The minimum absolute atomic E-state index is 0.142. The molecular formula is C20H20BrN3O2. The first kappa shape index (κ1) is 17.2. The number of hydrogen-bond acceptors (Lipinski definition) is 4. The van der Waals surface area contributed by atoms with Gasteiger partial charge >= 0.3 is 0 Å². The number of amides is 1. The Morgan fingerprint density at radius 2 is 2.08 bits per heavy atom. The van der Waals surface area contributed by atoms with Crippen LogP contribution in [0.3, 0.4) is 0 Å². The summed E-state index contributed by atoms with van der Waals surface area (Å²) in [6.07, 6.45) is 3.69. The standard InChI is InChI=1S/C20H20BrN3O2/c21-17-6-3-4-14-12-18(26-19(14)17)20(25)23-15-7-10-24(11-8-15)13-16-5-1-2-9-22-16/h1-6,9,12,15H,7-8,10-11,13H2,(H,23,25). The molecule has 0 atom stereocenters. The van der Waals surface area contributed by atoms with Crippen LogP contribution in [-0.4, -0.2) is 34.9 Å². The second-order valence-electron chi connectivity index (χ2n) is 6.61. The van der Waals surface area contributed by atoms with Crippen molar-refractivity contribution in [2.45, 2.75) is 25.4 Å². The number of aromatic nitrogens is 1. The third kappa shape index (κ3) is 3.81. The van der Waals surface area contributed by atoms with E-state index in [4.69, 9.17) is 4.42 Å². The number of nitrogens with zero attached hydrogens (tertiary/aromatic N) is 2. The molecule has 1 amide bonds.